The van der Waals surface area contributed by atoms with Gasteiger partial charge in [0.05, 0.1) is 11.1 Å². The maximum Gasteiger partial charge on any atom is 0.262 e. The molecule has 0 spiro atoms. The summed E-state index contributed by atoms with van der Waals surface area (Å²) < 4.78 is 13.8. The molecule has 2 aliphatic rings. The lowest BCUT2D eigenvalue weighted by Gasteiger charge is -2.27. The van der Waals surface area contributed by atoms with E-state index in [1.165, 1.54) is 6.07 Å². The van der Waals surface area contributed by atoms with E-state index in [0.717, 1.165) is 11.0 Å². The van der Waals surface area contributed by atoms with Gasteiger partial charge in [0.1, 0.15) is 11.9 Å². The quantitative estimate of drug-likeness (QED) is 0.819. The van der Waals surface area contributed by atoms with E-state index in [9.17, 15) is 23.6 Å². The number of halogens is 1. The molecular formula is C15H13FN2O4. The molecule has 22 heavy (non-hydrogen) atoms. The number of benzene rings is 1. The fraction of sp³-hybridized carbons (Fsp3) is 0.333. The molecule has 0 aromatic heterocycles. The van der Waals surface area contributed by atoms with Crippen molar-refractivity contribution in [2.45, 2.75) is 32.2 Å². The number of carbonyl (C=O) groups excluding carboxylic acids is 4. The molecule has 1 aromatic rings. The van der Waals surface area contributed by atoms with Gasteiger partial charge in [-0.25, -0.2) is 4.39 Å². The number of aryl methyl sites for hydroxylation is 1. The van der Waals surface area contributed by atoms with E-state index in [1.54, 1.807) is 6.92 Å². The summed E-state index contributed by atoms with van der Waals surface area (Å²) in [7, 11) is 0. The first-order valence-corrected chi connectivity index (χ1v) is 6.98. The molecule has 7 heteroatoms. The summed E-state index contributed by atoms with van der Waals surface area (Å²) >= 11 is 0. The molecule has 2 aliphatic heterocycles. The van der Waals surface area contributed by atoms with Gasteiger partial charge in [-0.15, -0.1) is 0 Å². The van der Waals surface area contributed by atoms with E-state index < -0.39 is 35.5 Å². The van der Waals surface area contributed by atoms with Gasteiger partial charge in [0, 0.05) is 6.42 Å². The van der Waals surface area contributed by atoms with Gasteiger partial charge in [0.25, 0.3) is 11.8 Å². The van der Waals surface area contributed by atoms with Gasteiger partial charge in [-0.2, -0.15) is 0 Å². The molecule has 0 aliphatic carbocycles. The summed E-state index contributed by atoms with van der Waals surface area (Å²) in [5.74, 6) is -2.98. The van der Waals surface area contributed by atoms with Crippen molar-refractivity contribution >= 4 is 23.6 Å². The third-order valence-corrected chi connectivity index (χ3v) is 3.99. The molecule has 2 heterocycles. The summed E-state index contributed by atoms with van der Waals surface area (Å²) in [5, 5.41) is 2.11. The molecule has 4 amide bonds. The van der Waals surface area contributed by atoms with Crippen LogP contribution in [0.15, 0.2) is 12.1 Å². The van der Waals surface area contributed by atoms with Crippen LogP contribution < -0.4 is 5.32 Å². The number of hydrogen-bond donors (Lipinski definition) is 1. The Bertz CT molecular complexity index is 728. The lowest BCUT2D eigenvalue weighted by molar-refractivity contribution is -0.136. The van der Waals surface area contributed by atoms with Gasteiger partial charge >= 0.3 is 0 Å². The average molecular weight is 304 g/mol. The molecule has 6 nitrogen and oxygen atoms in total. The van der Waals surface area contributed by atoms with Crippen LogP contribution >= 0.6 is 0 Å². The first kappa shape index (κ1) is 14.4. The Balaban J connectivity index is 2.00. The third-order valence-electron chi connectivity index (χ3n) is 3.99. The topological polar surface area (TPSA) is 83.6 Å². The predicted octanol–water partition coefficient (Wildman–Crippen LogP) is 0.789. The Morgan fingerprint density at radius 3 is 2.41 bits per heavy atom. The van der Waals surface area contributed by atoms with Crippen molar-refractivity contribution in [1.82, 2.24) is 10.2 Å². The number of nitrogens with zero attached hydrogens (tertiary/aromatic N) is 1. The fourth-order valence-electron chi connectivity index (χ4n) is 2.81. The Hall–Kier alpha value is -2.57. The first-order chi connectivity index (χ1) is 10.4. The molecule has 1 saturated heterocycles. The number of amides is 4. The smallest absolute Gasteiger partial charge is 0.262 e. The Kier molecular flexibility index (Phi) is 3.27. The largest absolute Gasteiger partial charge is 0.295 e. The molecule has 1 unspecified atom stereocenters. The highest BCUT2D eigenvalue weighted by Gasteiger charge is 2.44. The van der Waals surface area contributed by atoms with Crippen molar-refractivity contribution in [3.63, 3.8) is 0 Å². The highest BCUT2D eigenvalue weighted by molar-refractivity contribution is 6.23. The zero-order valence-electron chi connectivity index (χ0n) is 11.8. The van der Waals surface area contributed by atoms with E-state index in [1.807, 2.05) is 0 Å². The van der Waals surface area contributed by atoms with Crippen molar-refractivity contribution in [2.24, 2.45) is 0 Å². The van der Waals surface area contributed by atoms with Gasteiger partial charge in [-0.3, -0.25) is 29.4 Å². The van der Waals surface area contributed by atoms with Crippen LogP contribution in [0.25, 0.3) is 0 Å². The molecule has 0 bridgehead atoms. The summed E-state index contributed by atoms with van der Waals surface area (Å²) in [6, 6.07) is 1.37. The second-order valence-electron chi connectivity index (χ2n) is 5.29. The summed E-state index contributed by atoms with van der Waals surface area (Å²) in [5.41, 5.74) is 0.405. The minimum absolute atomic E-state index is 0.0376. The number of hydrogen-bond acceptors (Lipinski definition) is 4. The number of piperidine rings is 1. The van der Waals surface area contributed by atoms with Crippen molar-refractivity contribution in [3.8, 4) is 0 Å². The molecule has 1 aromatic carbocycles. The highest BCUT2D eigenvalue weighted by atomic mass is 19.1. The normalized spacial score (nSPS) is 21.2. The van der Waals surface area contributed by atoms with Gasteiger partial charge in [0.15, 0.2) is 0 Å². The number of fused-ring (bicyclic) bond motifs is 1. The van der Waals surface area contributed by atoms with Crippen LogP contribution in [0.3, 0.4) is 0 Å². The third kappa shape index (κ3) is 2.01. The summed E-state index contributed by atoms with van der Waals surface area (Å²) in [4.78, 5) is 48.7. The number of nitrogens with one attached hydrogen (secondary N) is 1. The van der Waals surface area contributed by atoms with Crippen molar-refractivity contribution < 1.29 is 23.6 Å². The van der Waals surface area contributed by atoms with Crippen LogP contribution in [0, 0.1) is 5.82 Å². The second kappa shape index (κ2) is 5.01. The van der Waals surface area contributed by atoms with Crippen molar-refractivity contribution in [3.05, 3.63) is 34.6 Å². The molecule has 0 radical (unpaired) electrons. The minimum Gasteiger partial charge on any atom is -0.295 e. The average Bonchev–Trinajstić information content (AvgIpc) is 2.70. The van der Waals surface area contributed by atoms with E-state index in [-0.39, 0.29) is 24.0 Å². The lowest BCUT2D eigenvalue weighted by Crippen LogP contribution is -2.54. The van der Waals surface area contributed by atoms with E-state index in [2.05, 4.69) is 5.32 Å². The predicted molar refractivity (Wildman–Crippen MR) is 72.4 cm³/mol. The molecule has 1 fully saturated rings. The SMILES string of the molecule is CCc1cc2c(cc1F)C(=O)N(C1CCC(=O)NC1=O)C2=O. The fourth-order valence-corrected chi connectivity index (χ4v) is 2.81. The molecular weight excluding hydrogens is 291 g/mol. The van der Waals surface area contributed by atoms with Crippen LogP contribution in [-0.2, 0) is 16.0 Å². The Morgan fingerprint density at radius 1 is 1.18 bits per heavy atom. The second-order valence-corrected chi connectivity index (χ2v) is 5.29. The monoisotopic (exact) mass is 304 g/mol. The van der Waals surface area contributed by atoms with Gasteiger partial charge in [0.2, 0.25) is 11.8 Å². The zero-order valence-corrected chi connectivity index (χ0v) is 11.8. The molecule has 3 rings (SSSR count). The summed E-state index contributed by atoms with van der Waals surface area (Å²) in [6.45, 7) is 1.74. The maximum absolute atomic E-state index is 13.8. The Morgan fingerprint density at radius 2 is 1.82 bits per heavy atom. The van der Waals surface area contributed by atoms with Crippen molar-refractivity contribution in [2.75, 3.05) is 0 Å². The van der Waals surface area contributed by atoms with Gasteiger partial charge in [-0.05, 0) is 30.5 Å². The molecule has 114 valence electrons. The Labute approximate surface area is 125 Å². The lowest BCUT2D eigenvalue weighted by atomic mass is 10.0. The number of carbonyl (C=O) groups is 4. The standard InChI is InChI=1S/C15H13FN2O4/c1-2-7-5-8-9(6-10(7)16)15(22)18(14(8)21)11-3-4-12(19)17-13(11)20/h5-6,11H,2-4H2,1H3,(H,17,19,20). The van der Waals surface area contributed by atoms with Crippen LogP contribution in [-0.4, -0.2) is 34.6 Å². The minimum atomic E-state index is -1.03. The zero-order chi connectivity index (χ0) is 16.0. The van der Waals surface area contributed by atoms with Gasteiger partial charge < -0.3 is 0 Å². The van der Waals surface area contributed by atoms with Crippen LogP contribution in [0.4, 0.5) is 4.39 Å². The van der Waals surface area contributed by atoms with E-state index >= 15 is 0 Å². The van der Waals surface area contributed by atoms with Crippen LogP contribution in [0.1, 0.15) is 46.0 Å². The first-order valence-electron chi connectivity index (χ1n) is 6.98. The number of imide groups is 2. The molecule has 1 atom stereocenters. The summed E-state index contributed by atoms with van der Waals surface area (Å²) in [6.07, 6.45) is 0.524. The highest BCUT2D eigenvalue weighted by Crippen LogP contribution is 2.29. The molecule has 0 saturated carbocycles. The van der Waals surface area contributed by atoms with Gasteiger partial charge in [-0.1, -0.05) is 6.92 Å². The van der Waals surface area contributed by atoms with Crippen molar-refractivity contribution in [1.29, 1.82) is 0 Å². The van der Waals surface area contributed by atoms with Crippen LogP contribution in [0.5, 0.6) is 0 Å². The maximum atomic E-state index is 13.8. The van der Waals surface area contributed by atoms with Crippen LogP contribution in [0.2, 0.25) is 0 Å². The van der Waals surface area contributed by atoms with E-state index in [4.69, 9.17) is 0 Å². The number of rotatable bonds is 2. The van der Waals surface area contributed by atoms with E-state index in [0.29, 0.717) is 12.0 Å². The molecule has 1 N–H and O–H groups in total.